The van der Waals surface area contributed by atoms with Crippen LogP contribution in [0.5, 0.6) is 0 Å². The zero-order valence-corrected chi connectivity index (χ0v) is 14.4. The van der Waals surface area contributed by atoms with E-state index in [9.17, 15) is 9.90 Å². The maximum atomic E-state index is 11.7. The first-order valence-corrected chi connectivity index (χ1v) is 8.66. The molecule has 1 aromatic rings. The summed E-state index contributed by atoms with van der Waals surface area (Å²) in [5, 5.41) is 15.4. The molecule has 0 aromatic carbocycles. The van der Waals surface area contributed by atoms with Crippen molar-refractivity contribution in [3.63, 3.8) is 0 Å². The van der Waals surface area contributed by atoms with E-state index >= 15 is 0 Å². The first-order chi connectivity index (χ1) is 9.77. The molecule has 2 atom stereocenters. The van der Waals surface area contributed by atoms with Gasteiger partial charge in [-0.15, -0.1) is 0 Å². The van der Waals surface area contributed by atoms with Gasteiger partial charge in [-0.3, -0.25) is 4.79 Å². The Balaban J connectivity index is 2.01. The van der Waals surface area contributed by atoms with Crippen LogP contribution in [0.1, 0.15) is 45.7 Å². The van der Waals surface area contributed by atoms with Crippen LogP contribution < -0.4 is 10.2 Å². The van der Waals surface area contributed by atoms with Crippen LogP contribution in [0.2, 0.25) is 0 Å². The fourth-order valence-electron chi connectivity index (χ4n) is 4.16. The molecule has 2 N–H and O–H groups in total. The second kappa shape index (κ2) is 6.23. The molecule has 120 valence electrons. The quantitative estimate of drug-likeness (QED) is 0.878. The first-order valence-electron chi connectivity index (χ1n) is 7.78. The van der Waals surface area contributed by atoms with Crippen LogP contribution in [0.15, 0.2) is 10.2 Å². The molecule has 0 unspecified atom stereocenters. The molecule has 1 fully saturated rings. The molecule has 4 nitrogen and oxygen atoms in total. The van der Waals surface area contributed by atoms with Crippen molar-refractivity contribution in [2.24, 2.45) is 11.3 Å². The summed E-state index contributed by atoms with van der Waals surface area (Å²) in [5.74, 6) is 0.610. The molecule has 1 heterocycles. The van der Waals surface area contributed by atoms with Crippen LogP contribution >= 0.6 is 11.3 Å². The van der Waals surface area contributed by atoms with Crippen LogP contribution in [0, 0.1) is 18.3 Å². The molecular formula is C16H28N2O2S. The van der Waals surface area contributed by atoms with Gasteiger partial charge in [0.1, 0.15) is 0 Å². The van der Waals surface area contributed by atoms with E-state index in [2.05, 4.69) is 26.1 Å². The van der Waals surface area contributed by atoms with Gasteiger partial charge < -0.3 is 15.0 Å². The van der Waals surface area contributed by atoms with Crippen molar-refractivity contribution in [3.8, 4) is 0 Å². The Morgan fingerprint density at radius 2 is 2.19 bits per heavy atom. The third kappa shape index (κ3) is 3.96. The van der Waals surface area contributed by atoms with Crippen molar-refractivity contribution in [2.75, 3.05) is 13.2 Å². The molecule has 0 radical (unpaired) electrons. The lowest BCUT2D eigenvalue weighted by molar-refractivity contribution is 0.0360. The molecule has 2 rings (SSSR count). The lowest BCUT2D eigenvalue weighted by atomic mass is 9.64. The maximum Gasteiger partial charge on any atom is 0.307 e. The van der Waals surface area contributed by atoms with Crippen molar-refractivity contribution in [1.82, 2.24) is 9.88 Å². The van der Waals surface area contributed by atoms with Gasteiger partial charge in [0.05, 0.1) is 6.61 Å². The molecule has 0 amide bonds. The highest BCUT2D eigenvalue weighted by atomic mass is 32.1. The van der Waals surface area contributed by atoms with Gasteiger partial charge >= 0.3 is 4.87 Å². The Hall–Kier alpha value is -0.650. The van der Waals surface area contributed by atoms with Crippen molar-refractivity contribution in [3.05, 3.63) is 20.7 Å². The lowest BCUT2D eigenvalue weighted by Crippen LogP contribution is -2.56. The number of aliphatic hydroxyl groups excluding tert-OH is 1. The molecular weight excluding hydrogens is 284 g/mol. The number of hydrogen-bond donors (Lipinski definition) is 2. The Labute approximate surface area is 131 Å². The third-order valence-corrected chi connectivity index (χ3v) is 5.45. The van der Waals surface area contributed by atoms with Crippen molar-refractivity contribution >= 4 is 11.3 Å². The second-order valence-electron chi connectivity index (χ2n) is 7.51. The Kier molecular flexibility index (Phi) is 4.96. The van der Waals surface area contributed by atoms with Gasteiger partial charge in [-0.1, -0.05) is 32.1 Å². The van der Waals surface area contributed by atoms with E-state index in [1.165, 1.54) is 17.8 Å². The highest BCUT2D eigenvalue weighted by Gasteiger charge is 2.42. The Morgan fingerprint density at radius 1 is 1.48 bits per heavy atom. The number of aryl methyl sites for hydroxylation is 1. The monoisotopic (exact) mass is 312 g/mol. The van der Waals surface area contributed by atoms with Crippen molar-refractivity contribution in [2.45, 2.75) is 59.0 Å². The number of hydrogen-bond acceptors (Lipinski definition) is 4. The van der Waals surface area contributed by atoms with Gasteiger partial charge in [0.2, 0.25) is 0 Å². The normalized spacial score (nSPS) is 28.7. The molecule has 0 saturated heterocycles. The fraction of sp³-hybridized carbons (Fsp3) is 0.812. The SMILES string of the molecule is Cc1csc(=O)n1CCN[C@]1(CO)C[C@H](C)CC(C)(C)C1. The van der Waals surface area contributed by atoms with Gasteiger partial charge in [-0.25, -0.2) is 0 Å². The smallest absolute Gasteiger partial charge is 0.307 e. The van der Waals surface area contributed by atoms with E-state index in [0.29, 0.717) is 12.5 Å². The first kappa shape index (κ1) is 16.7. The summed E-state index contributed by atoms with van der Waals surface area (Å²) in [6.45, 7) is 10.3. The number of nitrogens with one attached hydrogen (secondary N) is 1. The summed E-state index contributed by atoms with van der Waals surface area (Å²) in [6, 6.07) is 0. The zero-order chi connectivity index (χ0) is 15.7. The number of nitrogens with zero attached hydrogens (tertiary/aromatic N) is 1. The van der Waals surface area contributed by atoms with Crippen molar-refractivity contribution < 1.29 is 5.11 Å². The van der Waals surface area contributed by atoms with Crippen molar-refractivity contribution in [1.29, 1.82) is 0 Å². The highest BCUT2D eigenvalue weighted by Crippen LogP contribution is 2.43. The van der Waals surface area contributed by atoms with Gasteiger partial charge in [-0.05, 0) is 37.5 Å². The number of aliphatic hydroxyl groups is 1. The second-order valence-corrected chi connectivity index (χ2v) is 8.33. The molecule has 1 aromatic heterocycles. The fourth-order valence-corrected chi connectivity index (χ4v) is 4.92. The highest BCUT2D eigenvalue weighted by molar-refractivity contribution is 7.07. The average molecular weight is 312 g/mol. The summed E-state index contributed by atoms with van der Waals surface area (Å²) in [5.41, 5.74) is 1.07. The predicted octanol–water partition coefficient (Wildman–Crippen LogP) is 2.39. The molecule has 1 saturated carbocycles. The Morgan fingerprint density at radius 3 is 2.71 bits per heavy atom. The van der Waals surface area contributed by atoms with E-state index in [0.717, 1.165) is 25.1 Å². The molecule has 0 aliphatic heterocycles. The minimum atomic E-state index is -0.200. The number of aromatic nitrogens is 1. The van der Waals surface area contributed by atoms with E-state index in [1.807, 2.05) is 12.3 Å². The molecule has 21 heavy (non-hydrogen) atoms. The van der Waals surface area contributed by atoms with E-state index < -0.39 is 0 Å². The summed E-state index contributed by atoms with van der Waals surface area (Å²) in [7, 11) is 0. The van der Waals surface area contributed by atoms with Crippen LogP contribution in [0.4, 0.5) is 0 Å². The Bertz CT molecular complexity index is 535. The van der Waals surface area contributed by atoms with Gasteiger partial charge in [-0.2, -0.15) is 0 Å². The largest absolute Gasteiger partial charge is 0.394 e. The molecule has 5 heteroatoms. The van der Waals surface area contributed by atoms with Gasteiger partial charge in [0.25, 0.3) is 0 Å². The predicted molar refractivity (Wildman–Crippen MR) is 87.9 cm³/mol. The van der Waals surface area contributed by atoms with E-state index in [1.54, 1.807) is 4.57 Å². The summed E-state index contributed by atoms with van der Waals surface area (Å²) in [4.78, 5) is 11.8. The average Bonchev–Trinajstić information content (AvgIpc) is 2.68. The molecule has 1 aliphatic rings. The van der Waals surface area contributed by atoms with Crippen LogP contribution in [-0.2, 0) is 6.54 Å². The van der Waals surface area contributed by atoms with E-state index in [4.69, 9.17) is 0 Å². The standard InChI is InChI=1S/C16H28N2O2S/c1-12-7-15(3,4)10-16(8-12,11-19)17-5-6-18-13(2)9-21-14(18)20/h9,12,17,19H,5-8,10-11H2,1-4H3/t12-,16-/m1/s1. The lowest BCUT2D eigenvalue weighted by Gasteiger charge is -2.47. The van der Waals surface area contributed by atoms with Crippen LogP contribution in [0.3, 0.4) is 0 Å². The molecule has 0 bridgehead atoms. The maximum absolute atomic E-state index is 11.7. The number of thiazole rings is 1. The minimum Gasteiger partial charge on any atom is -0.394 e. The minimum absolute atomic E-state index is 0.102. The van der Waals surface area contributed by atoms with E-state index in [-0.39, 0.29) is 22.4 Å². The summed E-state index contributed by atoms with van der Waals surface area (Å²) >= 11 is 1.25. The molecule has 1 aliphatic carbocycles. The van der Waals surface area contributed by atoms with Gasteiger partial charge in [0, 0.05) is 29.7 Å². The topological polar surface area (TPSA) is 54.3 Å². The zero-order valence-electron chi connectivity index (χ0n) is 13.6. The van der Waals surface area contributed by atoms with Crippen LogP contribution in [0.25, 0.3) is 0 Å². The summed E-state index contributed by atoms with van der Waals surface area (Å²) < 4.78 is 1.81. The summed E-state index contributed by atoms with van der Waals surface area (Å²) in [6.07, 6.45) is 3.20. The third-order valence-electron chi connectivity index (χ3n) is 4.57. The van der Waals surface area contributed by atoms with Crippen LogP contribution in [-0.4, -0.2) is 28.4 Å². The van der Waals surface area contributed by atoms with Gasteiger partial charge in [0.15, 0.2) is 0 Å². The number of rotatable bonds is 5. The molecule has 0 spiro atoms.